The summed E-state index contributed by atoms with van der Waals surface area (Å²) in [7, 11) is -1.50. The number of fused-ring (bicyclic) bond motifs is 3. The summed E-state index contributed by atoms with van der Waals surface area (Å²) in [5.74, 6) is -0.246. The minimum atomic E-state index is -1.50. The standard InChI is InChI=1S/C20H22O3Si/c1-5-18(21)22-13-12-14-8-6-9-15-16-10-7-11-17(24(2,3)4)20(16)23-19(14)15/h6-13H,5H2,1-4H3/b13-12+. The number of furan rings is 1. The van der Waals surface area contributed by atoms with Gasteiger partial charge in [0.1, 0.15) is 11.2 Å². The number of hydrogen-bond acceptors (Lipinski definition) is 3. The average molecular weight is 338 g/mol. The Labute approximate surface area is 142 Å². The molecule has 0 radical (unpaired) electrons. The van der Waals surface area contributed by atoms with E-state index in [1.807, 2.05) is 12.1 Å². The highest BCUT2D eigenvalue weighted by atomic mass is 28.3. The average Bonchev–Trinajstić information content (AvgIpc) is 2.93. The smallest absolute Gasteiger partial charge is 0.310 e. The molecule has 0 aliphatic heterocycles. The Morgan fingerprint density at radius 2 is 1.75 bits per heavy atom. The van der Waals surface area contributed by atoms with Gasteiger partial charge in [0, 0.05) is 22.8 Å². The van der Waals surface area contributed by atoms with Crippen molar-refractivity contribution in [3.63, 3.8) is 0 Å². The van der Waals surface area contributed by atoms with Crippen molar-refractivity contribution < 1.29 is 13.9 Å². The molecule has 0 amide bonds. The lowest BCUT2D eigenvalue weighted by atomic mass is 10.1. The first-order valence-electron chi connectivity index (χ1n) is 8.22. The topological polar surface area (TPSA) is 39.4 Å². The third-order valence-electron chi connectivity index (χ3n) is 4.10. The number of ether oxygens (including phenoxy) is 1. The van der Waals surface area contributed by atoms with Gasteiger partial charge < -0.3 is 9.15 Å². The molecule has 0 bridgehead atoms. The Bertz CT molecular complexity index is 929. The van der Waals surface area contributed by atoms with Crippen molar-refractivity contribution in [3.8, 4) is 0 Å². The Morgan fingerprint density at radius 1 is 1.08 bits per heavy atom. The molecule has 4 heteroatoms. The summed E-state index contributed by atoms with van der Waals surface area (Å²) in [6, 6.07) is 12.4. The first kappa shape index (κ1) is 16.5. The van der Waals surface area contributed by atoms with E-state index in [4.69, 9.17) is 9.15 Å². The largest absolute Gasteiger partial charge is 0.456 e. The second kappa shape index (κ2) is 6.28. The van der Waals surface area contributed by atoms with Crippen LogP contribution in [-0.2, 0) is 9.53 Å². The lowest BCUT2D eigenvalue weighted by Crippen LogP contribution is -2.37. The Morgan fingerprint density at radius 3 is 2.42 bits per heavy atom. The molecule has 1 aromatic heterocycles. The molecule has 0 atom stereocenters. The molecule has 0 saturated carbocycles. The van der Waals surface area contributed by atoms with E-state index >= 15 is 0 Å². The van der Waals surface area contributed by atoms with Gasteiger partial charge >= 0.3 is 5.97 Å². The van der Waals surface area contributed by atoms with E-state index in [-0.39, 0.29) is 5.97 Å². The van der Waals surface area contributed by atoms with Crippen molar-refractivity contribution in [2.24, 2.45) is 0 Å². The van der Waals surface area contributed by atoms with Gasteiger partial charge in [-0.2, -0.15) is 0 Å². The predicted molar refractivity (Wildman–Crippen MR) is 102 cm³/mol. The number of para-hydroxylation sites is 2. The number of carbonyl (C=O) groups excluding carboxylic acids is 1. The fraction of sp³-hybridized carbons (Fsp3) is 0.250. The van der Waals surface area contributed by atoms with Crippen LogP contribution in [0.1, 0.15) is 18.9 Å². The maximum absolute atomic E-state index is 11.3. The van der Waals surface area contributed by atoms with Gasteiger partial charge in [-0.15, -0.1) is 0 Å². The summed E-state index contributed by atoms with van der Waals surface area (Å²) in [5, 5.41) is 3.56. The third kappa shape index (κ3) is 3.02. The summed E-state index contributed by atoms with van der Waals surface area (Å²) in [6.07, 6.45) is 3.58. The zero-order valence-corrected chi connectivity index (χ0v) is 15.6. The highest BCUT2D eigenvalue weighted by molar-refractivity contribution is 6.90. The summed E-state index contributed by atoms with van der Waals surface area (Å²) in [5.41, 5.74) is 2.73. The molecule has 3 nitrogen and oxygen atoms in total. The van der Waals surface area contributed by atoms with Crippen molar-refractivity contribution in [2.75, 3.05) is 0 Å². The monoisotopic (exact) mass is 338 g/mol. The fourth-order valence-corrected chi connectivity index (χ4v) is 4.29. The summed E-state index contributed by atoms with van der Waals surface area (Å²) in [4.78, 5) is 11.3. The van der Waals surface area contributed by atoms with E-state index in [2.05, 4.69) is 43.9 Å². The second-order valence-electron chi connectivity index (χ2n) is 6.90. The molecule has 124 valence electrons. The van der Waals surface area contributed by atoms with E-state index in [0.29, 0.717) is 6.42 Å². The molecule has 0 N–H and O–H groups in total. The maximum atomic E-state index is 11.3. The zero-order valence-electron chi connectivity index (χ0n) is 14.6. The molecule has 0 saturated heterocycles. The van der Waals surface area contributed by atoms with Crippen LogP contribution in [0.5, 0.6) is 0 Å². The Balaban J connectivity index is 2.15. The molecule has 3 rings (SSSR count). The predicted octanol–water partition coefficient (Wildman–Crippen LogP) is 5.06. The molecular weight excluding hydrogens is 316 g/mol. The number of rotatable bonds is 4. The van der Waals surface area contributed by atoms with Gasteiger partial charge in [-0.1, -0.05) is 63.0 Å². The SMILES string of the molecule is CCC(=O)O/C=C/c1cccc2c1oc1c([Si](C)(C)C)cccc12. The Kier molecular flexibility index (Phi) is 4.33. The summed E-state index contributed by atoms with van der Waals surface area (Å²) in [6.45, 7) is 8.73. The van der Waals surface area contributed by atoms with Crippen molar-refractivity contribution in [2.45, 2.75) is 33.0 Å². The summed E-state index contributed by atoms with van der Waals surface area (Å²) >= 11 is 0. The lowest BCUT2D eigenvalue weighted by molar-refractivity contribution is -0.137. The van der Waals surface area contributed by atoms with Crippen molar-refractivity contribution in [3.05, 3.63) is 48.2 Å². The number of carbonyl (C=O) groups is 1. The molecule has 0 unspecified atom stereocenters. The van der Waals surface area contributed by atoms with E-state index in [1.165, 1.54) is 11.4 Å². The van der Waals surface area contributed by atoms with Crippen LogP contribution in [-0.4, -0.2) is 14.0 Å². The first-order chi connectivity index (χ1) is 11.4. The highest BCUT2D eigenvalue weighted by Crippen LogP contribution is 2.31. The molecule has 3 aromatic rings. The molecular formula is C20H22O3Si. The maximum Gasteiger partial charge on any atom is 0.310 e. The zero-order chi connectivity index (χ0) is 17.3. The fourth-order valence-electron chi connectivity index (χ4n) is 2.83. The first-order valence-corrected chi connectivity index (χ1v) is 11.7. The Hall–Kier alpha value is -2.33. The number of benzene rings is 2. The van der Waals surface area contributed by atoms with Gasteiger partial charge in [0.2, 0.25) is 0 Å². The molecule has 0 aliphatic rings. The number of hydrogen-bond donors (Lipinski definition) is 0. The van der Waals surface area contributed by atoms with Crippen molar-refractivity contribution in [1.82, 2.24) is 0 Å². The van der Waals surface area contributed by atoms with Crippen LogP contribution in [0, 0.1) is 0 Å². The van der Waals surface area contributed by atoms with Gasteiger partial charge in [-0.05, 0) is 11.3 Å². The van der Waals surface area contributed by atoms with Crippen molar-refractivity contribution in [1.29, 1.82) is 0 Å². The van der Waals surface area contributed by atoms with E-state index in [1.54, 1.807) is 13.0 Å². The molecule has 2 aromatic carbocycles. The van der Waals surface area contributed by atoms with Gasteiger partial charge in [0.05, 0.1) is 14.3 Å². The molecule has 0 fully saturated rings. The van der Waals surface area contributed by atoms with E-state index in [9.17, 15) is 4.79 Å². The molecule has 0 aliphatic carbocycles. The lowest BCUT2D eigenvalue weighted by Gasteiger charge is -2.16. The summed E-state index contributed by atoms with van der Waals surface area (Å²) < 4.78 is 11.3. The van der Waals surface area contributed by atoms with Gasteiger partial charge in [0.25, 0.3) is 0 Å². The minimum absolute atomic E-state index is 0.246. The molecule has 24 heavy (non-hydrogen) atoms. The second-order valence-corrected chi connectivity index (χ2v) is 11.9. The van der Waals surface area contributed by atoms with Crippen LogP contribution in [0.25, 0.3) is 28.0 Å². The minimum Gasteiger partial charge on any atom is -0.456 e. The van der Waals surface area contributed by atoms with Crippen LogP contribution in [0.4, 0.5) is 0 Å². The van der Waals surface area contributed by atoms with Gasteiger partial charge in [0.15, 0.2) is 0 Å². The number of esters is 1. The van der Waals surface area contributed by atoms with Gasteiger partial charge in [-0.25, -0.2) is 0 Å². The van der Waals surface area contributed by atoms with Crippen LogP contribution < -0.4 is 5.19 Å². The van der Waals surface area contributed by atoms with Crippen LogP contribution in [0.3, 0.4) is 0 Å². The van der Waals surface area contributed by atoms with Crippen LogP contribution in [0.2, 0.25) is 19.6 Å². The molecule has 1 heterocycles. The highest BCUT2D eigenvalue weighted by Gasteiger charge is 2.22. The van der Waals surface area contributed by atoms with E-state index in [0.717, 1.165) is 27.5 Å². The van der Waals surface area contributed by atoms with E-state index < -0.39 is 8.07 Å². The third-order valence-corrected chi connectivity index (χ3v) is 6.11. The normalized spacial score (nSPS) is 12.3. The van der Waals surface area contributed by atoms with Crippen molar-refractivity contribution >= 4 is 47.2 Å². The van der Waals surface area contributed by atoms with Gasteiger partial charge in [-0.3, -0.25) is 4.79 Å². The van der Waals surface area contributed by atoms with Crippen LogP contribution in [0.15, 0.2) is 47.1 Å². The molecule has 0 spiro atoms. The quantitative estimate of drug-likeness (QED) is 0.379. The van der Waals surface area contributed by atoms with Crippen LogP contribution >= 0.6 is 0 Å².